The highest BCUT2D eigenvalue weighted by atomic mass is 19.1. The van der Waals surface area contributed by atoms with Crippen molar-refractivity contribution in [3.63, 3.8) is 0 Å². The molecule has 4 nitrogen and oxygen atoms in total. The summed E-state index contributed by atoms with van der Waals surface area (Å²) in [5.74, 6) is -0.348. The topological polar surface area (TPSA) is 62.6 Å². The molecule has 0 saturated carbocycles. The number of aromatic nitrogens is 1. The van der Waals surface area contributed by atoms with Gasteiger partial charge < -0.3 is 14.8 Å². The fraction of sp³-hybridized carbons (Fsp3) is 0.154. The summed E-state index contributed by atoms with van der Waals surface area (Å²) < 4.78 is 18.5. The van der Waals surface area contributed by atoms with Gasteiger partial charge in [-0.2, -0.15) is 0 Å². The van der Waals surface area contributed by atoms with Crippen LogP contribution in [0.4, 0.5) is 4.39 Å². The predicted octanol–water partition coefficient (Wildman–Crippen LogP) is 0.522. The fourth-order valence-corrected chi connectivity index (χ4v) is 1.67. The van der Waals surface area contributed by atoms with Crippen LogP contribution in [0.5, 0.6) is 5.75 Å². The van der Waals surface area contributed by atoms with Gasteiger partial charge in [-0.1, -0.05) is 12.1 Å². The molecule has 0 radical (unpaired) electrons. The first-order chi connectivity index (χ1) is 9.16. The van der Waals surface area contributed by atoms with Crippen molar-refractivity contribution in [2.45, 2.75) is 6.42 Å². The Morgan fingerprint density at radius 1 is 1.26 bits per heavy atom. The van der Waals surface area contributed by atoms with Crippen molar-refractivity contribution < 1.29 is 19.2 Å². The molecule has 0 unspecified atom stereocenters. The summed E-state index contributed by atoms with van der Waals surface area (Å²) in [6.45, 7) is 0.300. The van der Waals surface area contributed by atoms with Crippen LogP contribution in [-0.4, -0.2) is 28.8 Å². The predicted molar refractivity (Wildman–Crippen MR) is 69.7 cm³/mol. The Kier molecular flexibility index (Phi) is 4.49. The molecule has 6 heteroatoms. The van der Waals surface area contributed by atoms with Crippen molar-refractivity contribution in [2.75, 3.05) is 6.61 Å². The molecule has 0 saturated heterocycles. The van der Waals surface area contributed by atoms with Gasteiger partial charge in [0.15, 0.2) is 0 Å². The Bertz CT molecular complexity index is 537. The number of halogens is 1. The van der Waals surface area contributed by atoms with Gasteiger partial charge in [0, 0.05) is 30.3 Å². The second kappa shape index (κ2) is 6.31. The minimum Gasteiger partial charge on any atom is -0.493 e. The van der Waals surface area contributed by atoms with Crippen LogP contribution in [0.1, 0.15) is 5.56 Å². The fourth-order valence-electron chi connectivity index (χ4n) is 1.67. The van der Waals surface area contributed by atoms with Gasteiger partial charge in [-0.25, -0.2) is 4.39 Å². The third-order valence-electron chi connectivity index (χ3n) is 2.62. The largest absolute Gasteiger partial charge is 0.493 e. The van der Waals surface area contributed by atoms with E-state index in [2.05, 4.69) is 4.98 Å². The summed E-state index contributed by atoms with van der Waals surface area (Å²) in [5, 5.41) is 18.3. The van der Waals surface area contributed by atoms with E-state index in [-0.39, 0.29) is 11.2 Å². The van der Waals surface area contributed by atoms with Crippen molar-refractivity contribution in [3.05, 3.63) is 54.1 Å². The van der Waals surface area contributed by atoms with E-state index in [4.69, 9.17) is 14.8 Å². The van der Waals surface area contributed by atoms with E-state index in [0.29, 0.717) is 13.0 Å². The van der Waals surface area contributed by atoms with Gasteiger partial charge in [0.2, 0.25) is 0 Å². The maximum Gasteiger partial charge on any atom is 0.492 e. The minimum atomic E-state index is -1.69. The highest BCUT2D eigenvalue weighted by Crippen LogP contribution is 2.11. The number of benzene rings is 1. The molecule has 2 aromatic rings. The lowest BCUT2D eigenvalue weighted by Crippen LogP contribution is -2.31. The highest BCUT2D eigenvalue weighted by molar-refractivity contribution is 6.59. The minimum absolute atomic E-state index is 0.138. The average Bonchev–Trinajstić information content (AvgIpc) is 2.39. The van der Waals surface area contributed by atoms with Crippen LogP contribution in [0.2, 0.25) is 0 Å². The van der Waals surface area contributed by atoms with Gasteiger partial charge in [0.05, 0.1) is 6.61 Å². The summed E-state index contributed by atoms with van der Waals surface area (Å²) >= 11 is 0. The van der Waals surface area contributed by atoms with E-state index in [1.807, 2.05) is 12.1 Å². The quantitative estimate of drug-likeness (QED) is 0.770. The molecule has 0 bridgehead atoms. The third kappa shape index (κ3) is 3.77. The molecule has 0 amide bonds. The lowest BCUT2D eigenvalue weighted by atomic mass is 9.79. The molecular formula is C13H13BFNO3. The number of hydrogen-bond acceptors (Lipinski definition) is 4. The Balaban J connectivity index is 2.01. The van der Waals surface area contributed by atoms with E-state index >= 15 is 0 Å². The highest BCUT2D eigenvalue weighted by Gasteiger charge is 2.17. The monoisotopic (exact) mass is 261 g/mol. The van der Waals surface area contributed by atoms with Gasteiger partial charge in [0.25, 0.3) is 0 Å². The first-order valence-corrected chi connectivity index (χ1v) is 5.84. The molecule has 1 aromatic heterocycles. The van der Waals surface area contributed by atoms with Crippen LogP contribution in [0, 0.1) is 5.82 Å². The van der Waals surface area contributed by atoms with Crippen LogP contribution >= 0.6 is 0 Å². The lowest BCUT2D eigenvalue weighted by Gasteiger charge is -2.11. The summed E-state index contributed by atoms with van der Waals surface area (Å²) in [5.41, 5.74) is 1.14. The van der Waals surface area contributed by atoms with Crippen LogP contribution in [-0.2, 0) is 6.42 Å². The molecule has 1 aromatic carbocycles. The Morgan fingerprint density at radius 2 is 2.11 bits per heavy atom. The number of pyridine rings is 1. The molecule has 2 rings (SSSR count). The van der Waals surface area contributed by atoms with Crippen molar-refractivity contribution in [1.29, 1.82) is 0 Å². The van der Waals surface area contributed by atoms with Crippen LogP contribution in [0.15, 0.2) is 42.7 Å². The molecule has 0 aliphatic heterocycles. The number of ether oxygens (including phenoxy) is 1. The molecule has 0 aliphatic carbocycles. The average molecular weight is 261 g/mol. The Labute approximate surface area is 110 Å². The van der Waals surface area contributed by atoms with Crippen LogP contribution < -0.4 is 10.2 Å². The zero-order chi connectivity index (χ0) is 13.7. The molecule has 0 spiro atoms. The van der Waals surface area contributed by atoms with Gasteiger partial charge in [-0.15, -0.1) is 0 Å². The summed E-state index contributed by atoms with van der Waals surface area (Å²) in [6.07, 6.45) is 4.00. The summed E-state index contributed by atoms with van der Waals surface area (Å²) in [4.78, 5) is 3.97. The smallest absolute Gasteiger partial charge is 0.492 e. The van der Waals surface area contributed by atoms with E-state index < -0.39 is 12.9 Å². The number of rotatable bonds is 5. The van der Waals surface area contributed by atoms with Gasteiger partial charge in [-0.3, -0.25) is 4.98 Å². The van der Waals surface area contributed by atoms with Crippen molar-refractivity contribution in [2.24, 2.45) is 0 Å². The maximum absolute atomic E-state index is 13.1. The second-order valence-corrected chi connectivity index (χ2v) is 4.02. The van der Waals surface area contributed by atoms with Gasteiger partial charge >= 0.3 is 7.12 Å². The lowest BCUT2D eigenvalue weighted by molar-refractivity contribution is 0.320. The van der Waals surface area contributed by atoms with Crippen LogP contribution in [0.25, 0.3) is 0 Å². The van der Waals surface area contributed by atoms with Gasteiger partial charge in [-0.05, 0) is 17.7 Å². The third-order valence-corrected chi connectivity index (χ3v) is 2.62. The number of nitrogens with zero attached hydrogens (tertiary/aromatic N) is 1. The van der Waals surface area contributed by atoms with E-state index in [9.17, 15) is 4.39 Å². The molecule has 98 valence electrons. The molecular weight excluding hydrogens is 248 g/mol. The van der Waals surface area contributed by atoms with Crippen molar-refractivity contribution in [3.8, 4) is 5.75 Å². The molecule has 0 aliphatic rings. The zero-order valence-corrected chi connectivity index (χ0v) is 10.2. The van der Waals surface area contributed by atoms with Gasteiger partial charge in [0.1, 0.15) is 11.6 Å². The Morgan fingerprint density at radius 3 is 2.79 bits per heavy atom. The Hall–Kier alpha value is -1.92. The normalized spacial score (nSPS) is 10.3. The van der Waals surface area contributed by atoms with Crippen LogP contribution in [0.3, 0.4) is 0 Å². The molecule has 19 heavy (non-hydrogen) atoms. The second-order valence-electron chi connectivity index (χ2n) is 4.02. The first-order valence-electron chi connectivity index (χ1n) is 5.84. The molecule has 2 N–H and O–H groups in total. The van der Waals surface area contributed by atoms with Crippen molar-refractivity contribution in [1.82, 2.24) is 4.98 Å². The molecule has 1 heterocycles. The number of hydrogen-bond donors (Lipinski definition) is 2. The molecule has 0 atom stereocenters. The molecule has 0 fully saturated rings. The SMILES string of the molecule is OB(O)c1ccc(F)cc1OCCc1cccnc1. The first kappa shape index (κ1) is 13.5. The standard InChI is InChI=1S/C13H13BFNO3/c15-11-3-4-12(14(17)18)13(8-11)19-7-5-10-2-1-6-16-9-10/h1-4,6,8-9,17-18H,5,7H2. The summed E-state index contributed by atoms with van der Waals surface area (Å²) in [6, 6.07) is 7.31. The van der Waals surface area contributed by atoms with E-state index in [1.165, 1.54) is 6.07 Å². The van der Waals surface area contributed by atoms with Crippen molar-refractivity contribution >= 4 is 12.6 Å². The zero-order valence-electron chi connectivity index (χ0n) is 10.2. The summed E-state index contributed by atoms with van der Waals surface area (Å²) in [7, 11) is -1.69. The van der Waals surface area contributed by atoms with E-state index in [0.717, 1.165) is 17.7 Å². The maximum atomic E-state index is 13.1. The van der Waals surface area contributed by atoms with E-state index in [1.54, 1.807) is 12.4 Å².